The highest BCUT2D eigenvalue weighted by Gasteiger charge is 1.78. The maximum atomic E-state index is 8.12. The van der Waals surface area contributed by atoms with Gasteiger partial charge >= 0.3 is 0 Å². The molecule has 0 aromatic heterocycles. The van der Waals surface area contributed by atoms with Gasteiger partial charge in [-0.2, -0.15) is 5.26 Å². The zero-order valence-electron chi connectivity index (χ0n) is 5.21. The summed E-state index contributed by atoms with van der Waals surface area (Å²) in [6.07, 6.45) is 4.20. The van der Waals surface area contributed by atoms with Gasteiger partial charge in [0.2, 0.25) is 0 Å². The number of hydrogen-bond acceptors (Lipinski definition) is 2. The van der Waals surface area contributed by atoms with E-state index >= 15 is 0 Å². The summed E-state index contributed by atoms with van der Waals surface area (Å²) in [4.78, 5) is 0. The van der Waals surface area contributed by atoms with Crippen LogP contribution in [0.4, 0.5) is 0 Å². The van der Waals surface area contributed by atoms with Crippen molar-refractivity contribution >= 4 is 11.8 Å². The number of hydrogen-bond donors (Lipinski definition) is 0. The Kier molecular flexibility index (Phi) is 6.77. The van der Waals surface area contributed by atoms with Crippen molar-refractivity contribution in [2.45, 2.75) is 6.42 Å². The normalized spacial score (nSPS) is 9.22. The summed E-state index contributed by atoms with van der Waals surface area (Å²) >= 11 is 1.63. The van der Waals surface area contributed by atoms with E-state index in [1.54, 1.807) is 17.8 Å². The molecule has 48 valence electrons. The first-order chi connectivity index (χ1) is 4.41. The molecule has 0 bridgehead atoms. The van der Waals surface area contributed by atoms with Crippen LogP contribution in [0.15, 0.2) is 24.1 Å². The van der Waals surface area contributed by atoms with Gasteiger partial charge in [0.15, 0.2) is 0 Å². The van der Waals surface area contributed by atoms with Crippen molar-refractivity contribution in [1.82, 2.24) is 0 Å². The van der Waals surface area contributed by atoms with Crippen LogP contribution in [0.25, 0.3) is 0 Å². The molecule has 0 atom stereocenters. The van der Waals surface area contributed by atoms with Crippen LogP contribution in [-0.4, -0.2) is 5.75 Å². The lowest BCUT2D eigenvalue weighted by atomic mass is 10.6. The van der Waals surface area contributed by atoms with Gasteiger partial charge in [-0.1, -0.05) is 18.7 Å². The summed E-state index contributed by atoms with van der Waals surface area (Å²) in [5, 5.41) is 10.1. The van der Waals surface area contributed by atoms with Gasteiger partial charge < -0.3 is 0 Å². The third kappa shape index (κ3) is 7.32. The quantitative estimate of drug-likeness (QED) is 0.441. The average Bonchev–Trinajstić information content (AvgIpc) is 1.89. The van der Waals surface area contributed by atoms with Crippen LogP contribution in [0.5, 0.6) is 0 Å². The molecule has 0 aliphatic rings. The molecule has 9 heavy (non-hydrogen) atoms. The molecular formula is C7H9NS. The Bertz CT molecular complexity index is 132. The molecule has 0 aliphatic carbocycles. The second kappa shape index (κ2) is 7.32. The van der Waals surface area contributed by atoms with E-state index < -0.39 is 0 Å². The van der Waals surface area contributed by atoms with Crippen molar-refractivity contribution in [1.29, 1.82) is 5.26 Å². The maximum absolute atomic E-state index is 8.12. The van der Waals surface area contributed by atoms with Crippen LogP contribution in [0, 0.1) is 11.3 Å². The fourth-order valence-electron chi connectivity index (χ4n) is 0.284. The Hall–Kier alpha value is -0.680. The number of nitriles is 1. The van der Waals surface area contributed by atoms with Crippen molar-refractivity contribution in [3.05, 3.63) is 24.1 Å². The molecule has 0 radical (unpaired) electrons. The first-order valence-electron chi connectivity index (χ1n) is 2.68. The molecule has 0 unspecified atom stereocenters. The zero-order valence-corrected chi connectivity index (χ0v) is 6.03. The summed E-state index contributed by atoms with van der Waals surface area (Å²) < 4.78 is 0. The Morgan fingerprint density at radius 2 is 2.44 bits per heavy atom. The van der Waals surface area contributed by atoms with Crippen LogP contribution in [0.3, 0.4) is 0 Å². The standard InChI is InChI=1S/C7H9NS/c1-2-3-6-9-7-4-5-8/h2-3,6H,1,4,7H2/b6-3-. The maximum Gasteiger partial charge on any atom is 0.0630 e. The van der Waals surface area contributed by atoms with Gasteiger partial charge in [-0.05, 0) is 5.41 Å². The lowest BCUT2D eigenvalue weighted by Crippen LogP contribution is -1.68. The number of allylic oxidation sites excluding steroid dienone is 2. The second-order valence-electron chi connectivity index (χ2n) is 1.34. The fraction of sp³-hybridized carbons (Fsp3) is 0.286. The van der Waals surface area contributed by atoms with Crippen molar-refractivity contribution in [3.8, 4) is 6.07 Å². The van der Waals surface area contributed by atoms with Crippen LogP contribution in [-0.2, 0) is 0 Å². The molecule has 2 heteroatoms. The summed E-state index contributed by atoms with van der Waals surface area (Å²) in [5.41, 5.74) is 0. The molecule has 0 aromatic carbocycles. The molecule has 0 saturated heterocycles. The van der Waals surface area contributed by atoms with Gasteiger partial charge in [-0.25, -0.2) is 0 Å². The predicted octanol–water partition coefficient (Wildman–Crippen LogP) is 2.33. The zero-order chi connectivity index (χ0) is 6.95. The van der Waals surface area contributed by atoms with Gasteiger partial charge in [-0.15, -0.1) is 11.8 Å². The Balaban J connectivity index is 3.01. The topological polar surface area (TPSA) is 23.8 Å². The third-order valence-corrected chi connectivity index (χ3v) is 1.43. The molecule has 0 fully saturated rings. The number of nitrogens with zero attached hydrogens (tertiary/aromatic N) is 1. The minimum absolute atomic E-state index is 0.617. The second-order valence-corrected chi connectivity index (χ2v) is 2.36. The highest BCUT2D eigenvalue weighted by atomic mass is 32.2. The van der Waals surface area contributed by atoms with Crippen molar-refractivity contribution in [3.63, 3.8) is 0 Å². The lowest BCUT2D eigenvalue weighted by molar-refractivity contribution is 1.24. The minimum atomic E-state index is 0.617. The van der Waals surface area contributed by atoms with Gasteiger partial charge in [0.05, 0.1) is 6.07 Å². The predicted molar refractivity (Wildman–Crippen MR) is 42.0 cm³/mol. The van der Waals surface area contributed by atoms with E-state index in [9.17, 15) is 0 Å². The lowest BCUT2D eigenvalue weighted by Gasteiger charge is -1.83. The van der Waals surface area contributed by atoms with E-state index in [4.69, 9.17) is 5.26 Å². The Labute approximate surface area is 60.1 Å². The van der Waals surface area contributed by atoms with Crippen LogP contribution >= 0.6 is 11.8 Å². The van der Waals surface area contributed by atoms with E-state index in [0.717, 1.165) is 5.75 Å². The molecule has 0 aliphatic heterocycles. The first-order valence-corrected chi connectivity index (χ1v) is 3.73. The summed E-state index contributed by atoms with van der Waals surface area (Å²) in [7, 11) is 0. The number of rotatable bonds is 4. The SMILES string of the molecule is C=C/C=C\SCCC#N. The van der Waals surface area contributed by atoms with Crippen molar-refractivity contribution < 1.29 is 0 Å². The molecule has 0 amide bonds. The Morgan fingerprint density at radius 3 is 3.00 bits per heavy atom. The van der Waals surface area contributed by atoms with E-state index in [1.807, 2.05) is 11.5 Å². The van der Waals surface area contributed by atoms with E-state index in [0.29, 0.717) is 6.42 Å². The van der Waals surface area contributed by atoms with Crippen molar-refractivity contribution in [2.75, 3.05) is 5.75 Å². The van der Waals surface area contributed by atoms with Gasteiger partial charge in [0.25, 0.3) is 0 Å². The molecule has 0 spiro atoms. The smallest absolute Gasteiger partial charge is 0.0630 e. The average molecular weight is 139 g/mol. The molecule has 0 saturated carbocycles. The van der Waals surface area contributed by atoms with Crippen LogP contribution in [0.1, 0.15) is 6.42 Å². The van der Waals surface area contributed by atoms with E-state index in [-0.39, 0.29) is 0 Å². The van der Waals surface area contributed by atoms with Gasteiger partial charge in [0, 0.05) is 12.2 Å². The van der Waals surface area contributed by atoms with E-state index in [1.165, 1.54) is 0 Å². The molecule has 0 N–H and O–H groups in total. The molecule has 0 heterocycles. The highest BCUT2D eigenvalue weighted by Crippen LogP contribution is 2.02. The fourth-order valence-corrected chi connectivity index (χ4v) is 0.851. The number of thioether (sulfide) groups is 1. The van der Waals surface area contributed by atoms with E-state index in [2.05, 4.69) is 12.6 Å². The largest absolute Gasteiger partial charge is 0.198 e. The molecular weight excluding hydrogens is 130 g/mol. The monoisotopic (exact) mass is 139 g/mol. The summed E-state index contributed by atoms with van der Waals surface area (Å²) in [6, 6.07) is 2.06. The summed E-state index contributed by atoms with van der Waals surface area (Å²) in [5.74, 6) is 0.876. The van der Waals surface area contributed by atoms with Gasteiger partial charge in [-0.3, -0.25) is 0 Å². The third-order valence-electron chi connectivity index (χ3n) is 0.643. The molecule has 0 aromatic rings. The van der Waals surface area contributed by atoms with Crippen LogP contribution < -0.4 is 0 Å². The Morgan fingerprint density at radius 1 is 1.67 bits per heavy atom. The summed E-state index contributed by atoms with van der Waals surface area (Å²) in [6.45, 7) is 3.51. The first kappa shape index (κ1) is 8.32. The van der Waals surface area contributed by atoms with Gasteiger partial charge in [0.1, 0.15) is 0 Å². The molecule has 0 rings (SSSR count). The minimum Gasteiger partial charge on any atom is -0.198 e. The highest BCUT2D eigenvalue weighted by molar-refractivity contribution is 8.02. The van der Waals surface area contributed by atoms with Crippen LogP contribution in [0.2, 0.25) is 0 Å². The molecule has 1 nitrogen and oxygen atoms in total. The van der Waals surface area contributed by atoms with Crippen molar-refractivity contribution in [2.24, 2.45) is 0 Å².